The third kappa shape index (κ3) is 4.49. The minimum Gasteiger partial charge on any atom is -0.493 e. The summed E-state index contributed by atoms with van der Waals surface area (Å²) in [6.45, 7) is 4.95. The summed E-state index contributed by atoms with van der Waals surface area (Å²) in [4.78, 5) is 16.5. The zero-order valence-corrected chi connectivity index (χ0v) is 17.0. The molecule has 0 bridgehead atoms. The van der Waals surface area contributed by atoms with E-state index in [4.69, 9.17) is 14.2 Å². The molecule has 2 amide bonds. The Hall–Kier alpha value is -2.84. The summed E-state index contributed by atoms with van der Waals surface area (Å²) in [7, 11) is 1.59. The maximum absolute atomic E-state index is 13.7. The van der Waals surface area contributed by atoms with Crippen LogP contribution in [-0.2, 0) is 4.74 Å². The predicted molar refractivity (Wildman–Crippen MR) is 111 cm³/mol. The Morgan fingerprint density at radius 2 is 2.00 bits per heavy atom. The number of methoxy groups -OCH3 is 1. The Morgan fingerprint density at radius 3 is 2.77 bits per heavy atom. The van der Waals surface area contributed by atoms with Gasteiger partial charge in [-0.1, -0.05) is 12.1 Å². The number of amides is 2. The quantitative estimate of drug-likeness (QED) is 0.754. The molecule has 1 N–H and O–H groups in total. The summed E-state index contributed by atoms with van der Waals surface area (Å²) in [5.41, 5.74) is 1.40. The SMILES string of the molecule is COc1ccc(N2C(=O)NCC2c2cccc(F)c2)cc1OCCN1CCOCC1. The number of morpholine rings is 1. The summed E-state index contributed by atoms with van der Waals surface area (Å²) in [6, 6.07) is 11.2. The molecule has 2 aromatic carbocycles. The molecular weight excluding hydrogens is 389 g/mol. The molecule has 8 heteroatoms. The van der Waals surface area contributed by atoms with Gasteiger partial charge in [0.25, 0.3) is 0 Å². The van der Waals surface area contributed by atoms with Crippen molar-refractivity contribution in [3.8, 4) is 11.5 Å². The van der Waals surface area contributed by atoms with Crippen molar-refractivity contribution in [2.75, 3.05) is 58.0 Å². The third-order valence-corrected chi connectivity index (χ3v) is 5.40. The Bertz CT molecular complexity index is 888. The molecule has 0 radical (unpaired) electrons. The van der Waals surface area contributed by atoms with E-state index in [2.05, 4.69) is 10.2 Å². The molecular formula is C22H26FN3O4. The first kappa shape index (κ1) is 20.4. The number of hydrogen-bond donors (Lipinski definition) is 1. The molecule has 2 aliphatic rings. The van der Waals surface area contributed by atoms with E-state index < -0.39 is 0 Å². The van der Waals surface area contributed by atoms with Crippen LogP contribution in [0.5, 0.6) is 11.5 Å². The van der Waals surface area contributed by atoms with Gasteiger partial charge >= 0.3 is 6.03 Å². The summed E-state index contributed by atoms with van der Waals surface area (Å²) in [5.74, 6) is 0.845. The molecule has 1 atom stereocenters. The number of anilines is 1. The molecule has 160 valence electrons. The first-order valence-electron chi connectivity index (χ1n) is 10.1. The topological polar surface area (TPSA) is 63.3 Å². The van der Waals surface area contributed by atoms with Gasteiger partial charge in [-0.05, 0) is 29.8 Å². The lowest BCUT2D eigenvalue weighted by Gasteiger charge is -2.27. The number of benzene rings is 2. The highest BCUT2D eigenvalue weighted by Crippen LogP contribution is 2.37. The zero-order valence-electron chi connectivity index (χ0n) is 17.0. The normalized spacial score (nSPS) is 19.6. The van der Waals surface area contributed by atoms with Crippen molar-refractivity contribution in [2.45, 2.75) is 6.04 Å². The summed E-state index contributed by atoms with van der Waals surface area (Å²) in [6.07, 6.45) is 0. The number of halogens is 1. The summed E-state index contributed by atoms with van der Waals surface area (Å²) in [5, 5.41) is 2.84. The second-order valence-electron chi connectivity index (χ2n) is 7.26. The van der Waals surface area contributed by atoms with Gasteiger partial charge < -0.3 is 19.5 Å². The minimum atomic E-state index is -0.325. The van der Waals surface area contributed by atoms with Crippen molar-refractivity contribution in [1.82, 2.24) is 10.2 Å². The maximum atomic E-state index is 13.7. The van der Waals surface area contributed by atoms with Crippen LogP contribution >= 0.6 is 0 Å². The average molecular weight is 415 g/mol. The molecule has 2 saturated heterocycles. The average Bonchev–Trinajstić information content (AvgIpc) is 3.16. The number of nitrogens with one attached hydrogen (secondary N) is 1. The first-order valence-corrected chi connectivity index (χ1v) is 10.1. The Morgan fingerprint density at radius 1 is 1.17 bits per heavy atom. The molecule has 0 saturated carbocycles. The van der Waals surface area contributed by atoms with Gasteiger partial charge in [0.2, 0.25) is 0 Å². The van der Waals surface area contributed by atoms with Crippen LogP contribution in [-0.4, -0.2) is 64.0 Å². The van der Waals surface area contributed by atoms with Crippen molar-refractivity contribution in [2.24, 2.45) is 0 Å². The maximum Gasteiger partial charge on any atom is 0.322 e. The molecule has 1 unspecified atom stereocenters. The van der Waals surface area contributed by atoms with Crippen molar-refractivity contribution in [3.63, 3.8) is 0 Å². The number of urea groups is 1. The van der Waals surface area contributed by atoms with Crippen molar-refractivity contribution in [1.29, 1.82) is 0 Å². The van der Waals surface area contributed by atoms with Crippen LogP contribution in [0.1, 0.15) is 11.6 Å². The fourth-order valence-electron chi connectivity index (χ4n) is 3.82. The third-order valence-electron chi connectivity index (χ3n) is 5.40. The van der Waals surface area contributed by atoms with E-state index >= 15 is 0 Å². The molecule has 2 aromatic rings. The van der Waals surface area contributed by atoms with E-state index in [0.29, 0.717) is 30.3 Å². The number of carbonyl (C=O) groups excluding carboxylic acids is 1. The van der Waals surface area contributed by atoms with Gasteiger partial charge in [-0.25, -0.2) is 9.18 Å². The van der Waals surface area contributed by atoms with Crippen LogP contribution in [0.2, 0.25) is 0 Å². The van der Waals surface area contributed by atoms with E-state index in [9.17, 15) is 9.18 Å². The summed E-state index contributed by atoms with van der Waals surface area (Å²) < 4.78 is 30.5. The van der Waals surface area contributed by atoms with Crippen molar-refractivity contribution < 1.29 is 23.4 Å². The molecule has 0 spiro atoms. The Balaban J connectivity index is 1.52. The van der Waals surface area contributed by atoms with E-state index in [0.717, 1.165) is 38.4 Å². The predicted octanol–water partition coefficient (Wildman–Crippen LogP) is 2.82. The fraction of sp³-hybridized carbons (Fsp3) is 0.409. The monoisotopic (exact) mass is 415 g/mol. The highest BCUT2D eigenvalue weighted by Gasteiger charge is 2.33. The van der Waals surface area contributed by atoms with Gasteiger partial charge in [0.15, 0.2) is 11.5 Å². The summed E-state index contributed by atoms with van der Waals surface area (Å²) >= 11 is 0. The van der Waals surface area contributed by atoms with Crippen LogP contribution in [0.4, 0.5) is 14.9 Å². The van der Waals surface area contributed by atoms with Gasteiger partial charge in [-0.15, -0.1) is 0 Å². The lowest BCUT2D eigenvalue weighted by Crippen LogP contribution is -2.38. The van der Waals surface area contributed by atoms with Crippen LogP contribution in [0.15, 0.2) is 42.5 Å². The molecule has 2 heterocycles. The molecule has 0 aliphatic carbocycles. The molecule has 2 aliphatic heterocycles. The minimum absolute atomic E-state index is 0.228. The molecule has 2 fully saturated rings. The number of rotatable bonds is 7. The van der Waals surface area contributed by atoms with Gasteiger partial charge in [0.05, 0.1) is 32.1 Å². The lowest BCUT2D eigenvalue weighted by molar-refractivity contribution is 0.0321. The first-order chi connectivity index (χ1) is 14.7. The van der Waals surface area contributed by atoms with E-state index in [1.807, 2.05) is 12.1 Å². The van der Waals surface area contributed by atoms with E-state index in [1.54, 1.807) is 30.2 Å². The van der Waals surface area contributed by atoms with Crippen molar-refractivity contribution >= 4 is 11.7 Å². The molecule has 30 heavy (non-hydrogen) atoms. The molecule has 4 rings (SSSR count). The zero-order chi connectivity index (χ0) is 20.9. The Kier molecular flexibility index (Phi) is 6.35. The number of hydrogen-bond acceptors (Lipinski definition) is 5. The number of ether oxygens (including phenoxy) is 3. The van der Waals surface area contributed by atoms with E-state index in [-0.39, 0.29) is 17.9 Å². The van der Waals surface area contributed by atoms with Crippen LogP contribution in [0.3, 0.4) is 0 Å². The van der Waals surface area contributed by atoms with Crippen LogP contribution < -0.4 is 19.7 Å². The van der Waals surface area contributed by atoms with Crippen LogP contribution in [0, 0.1) is 5.82 Å². The van der Waals surface area contributed by atoms with Gasteiger partial charge in [-0.2, -0.15) is 0 Å². The van der Waals surface area contributed by atoms with Gasteiger partial charge in [-0.3, -0.25) is 9.80 Å². The number of nitrogens with zero attached hydrogens (tertiary/aromatic N) is 2. The second-order valence-corrected chi connectivity index (χ2v) is 7.26. The fourth-order valence-corrected chi connectivity index (χ4v) is 3.82. The van der Waals surface area contributed by atoms with Crippen molar-refractivity contribution in [3.05, 3.63) is 53.8 Å². The highest BCUT2D eigenvalue weighted by atomic mass is 19.1. The lowest BCUT2D eigenvalue weighted by atomic mass is 10.1. The second kappa shape index (κ2) is 9.32. The Labute approximate surface area is 175 Å². The van der Waals surface area contributed by atoms with Gasteiger partial charge in [0, 0.05) is 32.2 Å². The standard InChI is InChI=1S/C22H26FN3O4/c1-28-20-6-5-18(14-21(20)30-12-9-25-7-10-29-11-8-25)26-19(15-24-22(26)27)16-3-2-4-17(23)13-16/h2-6,13-14,19H,7-12,15H2,1H3,(H,24,27). The largest absolute Gasteiger partial charge is 0.493 e. The molecule has 7 nitrogen and oxygen atoms in total. The number of carbonyl (C=O) groups is 1. The highest BCUT2D eigenvalue weighted by molar-refractivity contribution is 5.95. The van der Waals surface area contributed by atoms with Crippen LogP contribution in [0.25, 0.3) is 0 Å². The van der Waals surface area contributed by atoms with Gasteiger partial charge in [0.1, 0.15) is 12.4 Å². The molecule has 0 aromatic heterocycles. The smallest absolute Gasteiger partial charge is 0.322 e. The van der Waals surface area contributed by atoms with E-state index in [1.165, 1.54) is 12.1 Å².